The van der Waals surface area contributed by atoms with Gasteiger partial charge in [-0.2, -0.15) is 0 Å². The summed E-state index contributed by atoms with van der Waals surface area (Å²) in [6, 6.07) is 3.88. The molecule has 0 saturated carbocycles. The van der Waals surface area contributed by atoms with Crippen LogP contribution in [0.25, 0.3) is 0 Å². The predicted molar refractivity (Wildman–Crippen MR) is 138 cm³/mol. The first kappa shape index (κ1) is 29.8. The first-order valence-corrected chi connectivity index (χ1v) is 11.8. The molecule has 0 spiro atoms. The van der Waals surface area contributed by atoms with Gasteiger partial charge in [-0.3, -0.25) is 0 Å². The lowest BCUT2D eigenvalue weighted by Gasteiger charge is -2.11. The molecule has 1 saturated heterocycles. The van der Waals surface area contributed by atoms with E-state index in [9.17, 15) is 0 Å². The van der Waals surface area contributed by atoms with Gasteiger partial charge in [0.2, 0.25) is 0 Å². The second-order valence-corrected chi connectivity index (χ2v) is 9.21. The van der Waals surface area contributed by atoms with Gasteiger partial charge in [0.25, 0.3) is 0 Å². The lowest BCUT2D eigenvalue weighted by molar-refractivity contribution is 0.477. The van der Waals surface area contributed by atoms with Crippen LogP contribution in [0.3, 0.4) is 0 Å². The Kier molecular flexibility index (Phi) is 17.7. The van der Waals surface area contributed by atoms with Crippen molar-refractivity contribution in [1.29, 1.82) is 0 Å². The van der Waals surface area contributed by atoms with E-state index in [4.69, 9.17) is 0 Å². The SMILES string of the molecule is C.CC(C)NCC1=CCNC1.CC(C)NCC1CCNC1.CC(C)NCc1cc[nH]c1. The highest BCUT2D eigenvalue weighted by Gasteiger charge is 2.13. The highest BCUT2D eigenvalue weighted by atomic mass is 15.0. The summed E-state index contributed by atoms with van der Waals surface area (Å²) in [7, 11) is 0. The summed E-state index contributed by atoms with van der Waals surface area (Å²) in [6.45, 7) is 20.8. The van der Waals surface area contributed by atoms with Crippen molar-refractivity contribution < 1.29 is 0 Å². The second-order valence-electron chi connectivity index (χ2n) is 9.21. The molecule has 6 heteroatoms. The van der Waals surface area contributed by atoms with Crippen LogP contribution in [0.1, 0.15) is 61.0 Å². The predicted octanol–water partition coefficient (Wildman–Crippen LogP) is 3.26. The van der Waals surface area contributed by atoms with E-state index in [0.29, 0.717) is 18.1 Å². The number of hydrogen-bond donors (Lipinski definition) is 6. The van der Waals surface area contributed by atoms with E-state index in [-0.39, 0.29) is 7.43 Å². The van der Waals surface area contributed by atoms with Gasteiger partial charge in [-0.05, 0) is 49.2 Å². The topological polar surface area (TPSA) is 75.9 Å². The van der Waals surface area contributed by atoms with Crippen LogP contribution in [0, 0.1) is 5.92 Å². The van der Waals surface area contributed by atoms with E-state index in [1.54, 1.807) is 0 Å². The van der Waals surface area contributed by atoms with Crippen molar-refractivity contribution in [3.05, 3.63) is 35.7 Å². The molecule has 1 fully saturated rings. The Labute approximate surface area is 192 Å². The van der Waals surface area contributed by atoms with Gasteiger partial charge in [0.1, 0.15) is 0 Å². The number of nitrogens with one attached hydrogen (secondary N) is 6. The van der Waals surface area contributed by atoms with Crippen molar-refractivity contribution in [3.8, 4) is 0 Å². The molecule has 0 radical (unpaired) electrons. The Morgan fingerprint density at radius 1 is 0.935 bits per heavy atom. The van der Waals surface area contributed by atoms with E-state index in [1.165, 1.54) is 37.2 Å². The highest BCUT2D eigenvalue weighted by molar-refractivity contribution is 5.12. The largest absolute Gasteiger partial charge is 0.367 e. The van der Waals surface area contributed by atoms with Crippen LogP contribution in [-0.2, 0) is 6.54 Å². The molecule has 0 aliphatic carbocycles. The third-order valence-corrected chi connectivity index (χ3v) is 4.98. The van der Waals surface area contributed by atoms with Crippen LogP contribution in [0.5, 0.6) is 0 Å². The van der Waals surface area contributed by atoms with Crippen molar-refractivity contribution in [2.24, 2.45) is 5.92 Å². The fraction of sp³-hybridized carbons (Fsp3) is 0.760. The van der Waals surface area contributed by atoms with Gasteiger partial charge in [0.05, 0.1) is 0 Å². The van der Waals surface area contributed by atoms with E-state index in [1.807, 2.05) is 12.4 Å². The average molecular weight is 437 g/mol. The summed E-state index contributed by atoms with van der Waals surface area (Å²) in [5.41, 5.74) is 2.81. The van der Waals surface area contributed by atoms with E-state index < -0.39 is 0 Å². The summed E-state index contributed by atoms with van der Waals surface area (Å²) < 4.78 is 0. The summed E-state index contributed by atoms with van der Waals surface area (Å²) in [5, 5.41) is 16.8. The molecule has 2 aliphatic rings. The minimum Gasteiger partial charge on any atom is -0.367 e. The van der Waals surface area contributed by atoms with Gasteiger partial charge >= 0.3 is 0 Å². The molecule has 1 unspecified atom stereocenters. The van der Waals surface area contributed by atoms with Crippen molar-refractivity contribution in [3.63, 3.8) is 0 Å². The van der Waals surface area contributed by atoms with Gasteiger partial charge in [-0.1, -0.05) is 55.0 Å². The summed E-state index contributed by atoms with van der Waals surface area (Å²) in [4.78, 5) is 3.01. The van der Waals surface area contributed by atoms with Gasteiger partial charge in [-0.15, -0.1) is 0 Å². The smallest absolute Gasteiger partial charge is 0.0222 e. The van der Waals surface area contributed by atoms with Crippen molar-refractivity contribution in [1.82, 2.24) is 31.6 Å². The third kappa shape index (κ3) is 17.1. The minimum absolute atomic E-state index is 0. The Bertz CT molecular complexity index is 530. The van der Waals surface area contributed by atoms with E-state index in [2.05, 4.69) is 85.3 Å². The van der Waals surface area contributed by atoms with Crippen LogP contribution in [0.2, 0.25) is 0 Å². The Morgan fingerprint density at radius 2 is 1.61 bits per heavy atom. The van der Waals surface area contributed by atoms with E-state index >= 15 is 0 Å². The molecule has 2 aliphatic heterocycles. The number of H-pyrrole nitrogens is 1. The fourth-order valence-corrected chi connectivity index (χ4v) is 3.07. The maximum absolute atomic E-state index is 3.45. The molecule has 6 N–H and O–H groups in total. The second kappa shape index (κ2) is 18.4. The van der Waals surface area contributed by atoms with Crippen molar-refractivity contribution in [2.45, 2.75) is 80.1 Å². The molecule has 1 aromatic heterocycles. The molecule has 182 valence electrons. The maximum atomic E-state index is 3.45. The first-order chi connectivity index (χ1) is 14.4. The maximum Gasteiger partial charge on any atom is 0.0222 e. The van der Waals surface area contributed by atoms with E-state index in [0.717, 1.165) is 32.1 Å². The molecular formula is C25H52N6. The van der Waals surface area contributed by atoms with Gasteiger partial charge < -0.3 is 31.6 Å². The molecule has 3 heterocycles. The quantitative estimate of drug-likeness (QED) is 0.335. The van der Waals surface area contributed by atoms with Crippen molar-refractivity contribution in [2.75, 3.05) is 39.3 Å². The zero-order valence-corrected chi connectivity index (χ0v) is 20.3. The summed E-state index contributed by atoms with van der Waals surface area (Å²) in [6.07, 6.45) is 7.56. The highest BCUT2D eigenvalue weighted by Crippen LogP contribution is 2.05. The zero-order valence-electron chi connectivity index (χ0n) is 20.3. The molecule has 1 atom stereocenters. The standard InChI is InChI=1S/C8H18N2.C8H16N2.C8H14N2.CH4/c3*1-7(2)10-6-8-3-4-9-5-8;/h7-10H,3-6H2,1-2H3;3,7,9-10H,4-6H2,1-2H3;3-5,7,9-10H,6H2,1-2H3;1H4. The Morgan fingerprint density at radius 3 is 2.10 bits per heavy atom. The molecular weight excluding hydrogens is 384 g/mol. The summed E-state index contributed by atoms with van der Waals surface area (Å²) in [5.74, 6) is 0.877. The third-order valence-electron chi connectivity index (χ3n) is 4.98. The van der Waals surface area contributed by atoms with Gasteiger partial charge in [0, 0.05) is 56.7 Å². The van der Waals surface area contributed by atoms with Gasteiger partial charge in [-0.25, -0.2) is 0 Å². The Balaban J connectivity index is 0.000000429. The lowest BCUT2D eigenvalue weighted by atomic mass is 10.1. The van der Waals surface area contributed by atoms with Crippen LogP contribution in [0.15, 0.2) is 30.1 Å². The number of aromatic nitrogens is 1. The average Bonchev–Trinajstić information content (AvgIpc) is 3.48. The van der Waals surface area contributed by atoms with Crippen molar-refractivity contribution >= 4 is 0 Å². The monoisotopic (exact) mass is 436 g/mol. The molecule has 0 bridgehead atoms. The fourth-order valence-electron chi connectivity index (χ4n) is 3.07. The number of rotatable bonds is 9. The number of aromatic amines is 1. The normalized spacial score (nSPS) is 17.7. The zero-order chi connectivity index (χ0) is 22.2. The molecule has 3 rings (SSSR count). The Hall–Kier alpha value is -1.18. The van der Waals surface area contributed by atoms with Gasteiger partial charge in [0.15, 0.2) is 0 Å². The molecule has 31 heavy (non-hydrogen) atoms. The van der Waals surface area contributed by atoms with Crippen LogP contribution >= 0.6 is 0 Å². The lowest BCUT2D eigenvalue weighted by Crippen LogP contribution is -2.29. The molecule has 0 amide bonds. The van der Waals surface area contributed by atoms with Crippen LogP contribution in [-0.4, -0.2) is 62.4 Å². The van der Waals surface area contributed by atoms with Crippen LogP contribution < -0.4 is 26.6 Å². The van der Waals surface area contributed by atoms with Crippen LogP contribution in [0.4, 0.5) is 0 Å². The minimum atomic E-state index is 0. The number of hydrogen-bond acceptors (Lipinski definition) is 5. The summed E-state index contributed by atoms with van der Waals surface area (Å²) >= 11 is 0. The molecule has 6 nitrogen and oxygen atoms in total. The first-order valence-electron chi connectivity index (χ1n) is 11.8. The molecule has 0 aromatic carbocycles. The molecule has 1 aromatic rings.